The molecule has 3 rings (SSSR count). The lowest BCUT2D eigenvalue weighted by molar-refractivity contribution is -0.122. The number of carbonyl (C=O) groups is 1. The molecule has 0 saturated carbocycles. The fourth-order valence-corrected chi connectivity index (χ4v) is 4.68. The molecular weight excluding hydrogens is 412 g/mol. The van der Waals surface area contributed by atoms with Gasteiger partial charge >= 0.3 is 0 Å². The van der Waals surface area contributed by atoms with Crippen LogP contribution in [0.25, 0.3) is 0 Å². The van der Waals surface area contributed by atoms with Crippen LogP contribution < -0.4 is 14.4 Å². The van der Waals surface area contributed by atoms with Crippen molar-refractivity contribution in [3.05, 3.63) is 53.1 Å². The van der Waals surface area contributed by atoms with Gasteiger partial charge in [0.25, 0.3) is 5.91 Å². The number of amides is 1. The summed E-state index contributed by atoms with van der Waals surface area (Å²) < 4.78 is 32.4. The first-order valence-corrected chi connectivity index (χ1v) is 12.5. The molecule has 1 amide bonds. The molecule has 0 saturated heterocycles. The van der Waals surface area contributed by atoms with Crippen molar-refractivity contribution in [2.75, 3.05) is 22.4 Å². The zero-order chi connectivity index (χ0) is 23.0. The lowest BCUT2D eigenvalue weighted by Crippen LogP contribution is -2.48. The number of nitrogens with one attached hydrogen (secondary N) is 1. The van der Waals surface area contributed by atoms with Gasteiger partial charge in [0, 0.05) is 5.69 Å². The van der Waals surface area contributed by atoms with E-state index in [1.54, 1.807) is 6.07 Å². The van der Waals surface area contributed by atoms with Crippen molar-refractivity contribution < 1.29 is 17.9 Å². The van der Waals surface area contributed by atoms with Crippen LogP contribution in [0.1, 0.15) is 51.3 Å². The van der Waals surface area contributed by atoms with Crippen molar-refractivity contribution in [2.24, 2.45) is 0 Å². The Labute approximate surface area is 185 Å². The highest BCUT2D eigenvalue weighted by Crippen LogP contribution is 2.39. The Balaban J connectivity index is 1.96. The van der Waals surface area contributed by atoms with Gasteiger partial charge in [0.15, 0.2) is 6.10 Å². The number of hydrogen-bond donors (Lipinski definition) is 1. The van der Waals surface area contributed by atoms with Crippen LogP contribution >= 0.6 is 0 Å². The lowest BCUT2D eigenvalue weighted by atomic mass is 9.86. The highest BCUT2D eigenvalue weighted by molar-refractivity contribution is 7.92. The Morgan fingerprint density at radius 2 is 1.74 bits per heavy atom. The average Bonchev–Trinajstić information content (AvgIpc) is 2.71. The molecule has 2 aromatic rings. The second-order valence-corrected chi connectivity index (χ2v) is 10.9. The molecule has 0 fully saturated rings. The van der Waals surface area contributed by atoms with Gasteiger partial charge in [-0.1, -0.05) is 58.9 Å². The minimum Gasteiger partial charge on any atom is -0.476 e. The number of sulfonamides is 1. The summed E-state index contributed by atoms with van der Waals surface area (Å²) in [5, 5.41) is 3.00. The number of aryl methyl sites for hydroxylation is 2. The summed E-state index contributed by atoms with van der Waals surface area (Å²) >= 11 is 0. The third-order valence-corrected chi connectivity index (χ3v) is 6.78. The van der Waals surface area contributed by atoms with Crippen LogP contribution in [0, 0.1) is 0 Å². The molecule has 0 unspecified atom stereocenters. The van der Waals surface area contributed by atoms with E-state index >= 15 is 0 Å². The highest BCUT2D eigenvalue weighted by atomic mass is 32.2. The third-order valence-electron chi connectivity index (χ3n) is 5.63. The van der Waals surface area contributed by atoms with Crippen LogP contribution in [0.3, 0.4) is 0 Å². The maximum atomic E-state index is 13.2. The minimum absolute atomic E-state index is 0.0684. The summed E-state index contributed by atoms with van der Waals surface area (Å²) in [4.78, 5) is 13.2. The van der Waals surface area contributed by atoms with Crippen molar-refractivity contribution in [3.8, 4) is 5.75 Å². The monoisotopic (exact) mass is 444 g/mol. The standard InChI is InChI=1S/C24H32N2O4S/c1-7-16-10-9-11-17(8-2)22(16)25-23(27)21-15-26(31(6,28)29)19-14-18(24(3,4)5)12-13-20(19)30-21/h9-14,21H,7-8,15H2,1-6H3,(H,25,27)/t21-/m1/s1. The fourth-order valence-electron chi connectivity index (χ4n) is 3.78. The van der Waals surface area contributed by atoms with E-state index < -0.39 is 16.1 Å². The normalized spacial score (nSPS) is 16.5. The topological polar surface area (TPSA) is 75.7 Å². The van der Waals surface area contributed by atoms with Gasteiger partial charge < -0.3 is 10.1 Å². The van der Waals surface area contributed by atoms with Crippen molar-refractivity contribution in [1.29, 1.82) is 0 Å². The van der Waals surface area contributed by atoms with Crippen LogP contribution in [0.4, 0.5) is 11.4 Å². The number of carbonyl (C=O) groups excluding carboxylic acids is 1. The smallest absolute Gasteiger partial charge is 0.267 e. The first kappa shape index (κ1) is 23.1. The van der Waals surface area contributed by atoms with E-state index in [9.17, 15) is 13.2 Å². The molecule has 0 radical (unpaired) electrons. The number of anilines is 2. The van der Waals surface area contributed by atoms with Gasteiger partial charge in [-0.05, 0) is 47.1 Å². The average molecular weight is 445 g/mol. The Bertz CT molecular complexity index is 1060. The Morgan fingerprint density at radius 3 is 2.26 bits per heavy atom. The second kappa shape index (κ2) is 8.54. The molecule has 1 atom stereocenters. The predicted molar refractivity (Wildman–Crippen MR) is 126 cm³/mol. The Kier molecular flexibility index (Phi) is 6.37. The second-order valence-electron chi connectivity index (χ2n) is 8.98. The summed E-state index contributed by atoms with van der Waals surface area (Å²) in [5.41, 5.74) is 4.20. The molecular formula is C24H32N2O4S. The summed E-state index contributed by atoms with van der Waals surface area (Å²) in [7, 11) is -3.59. The summed E-state index contributed by atoms with van der Waals surface area (Å²) in [6.07, 6.45) is 1.77. The molecule has 0 aromatic heterocycles. The van der Waals surface area contributed by atoms with E-state index in [1.807, 2.05) is 44.2 Å². The SMILES string of the molecule is CCc1cccc(CC)c1NC(=O)[C@H]1CN(S(C)(=O)=O)c2cc(C(C)(C)C)ccc2O1. The molecule has 1 aliphatic rings. The van der Waals surface area contributed by atoms with Gasteiger partial charge in [-0.3, -0.25) is 9.10 Å². The van der Waals surface area contributed by atoms with E-state index in [0.717, 1.165) is 41.5 Å². The van der Waals surface area contributed by atoms with Gasteiger partial charge in [0.05, 0.1) is 18.5 Å². The van der Waals surface area contributed by atoms with E-state index in [4.69, 9.17) is 4.74 Å². The van der Waals surface area contributed by atoms with E-state index in [1.165, 1.54) is 4.31 Å². The molecule has 7 heteroatoms. The van der Waals surface area contributed by atoms with Gasteiger partial charge in [0.2, 0.25) is 10.0 Å². The van der Waals surface area contributed by atoms with Crippen molar-refractivity contribution in [2.45, 2.75) is 59.0 Å². The van der Waals surface area contributed by atoms with Crippen LogP contribution in [0.2, 0.25) is 0 Å². The van der Waals surface area contributed by atoms with Crippen molar-refractivity contribution >= 4 is 27.3 Å². The Morgan fingerprint density at radius 1 is 1.13 bits per heavy atom. The van der Waals surface area contributed by atoms with Crippen LogP contribution in [0.5, 0.6) is 5.75 Å². The molecule has 1 aliphatic heterocycles. The molecule has 1 N–H and O–H groups in total. The van der Waals surface area contributed by atoms with Crippen LogP contribution in [0.15, 0.2) is 36.4 Å². The predicted octanol–water partition coefficient (Wildman–Crippen LogP) is 4.27. The van der Waals surface area contributed by atoms with E-state index in [0.29, 0.717) is 11.4 Å². The summed E-state index contributed by atoms with van der Waals surface area (Å²) in [6, 6.07) is 11.5. The molecule has 168 valence electrons. The molecule has 31 heavy (non-hydrogen) atoms. The van der Waals surface area contributed by atoms with Crippen molar-refractivity contribution in [3.63, 3.8) is 0 Å². The minimum atomic E-state index is -3.59. The number of rotatable bonds is 5. The zero-order valence-corrected chi connectivity index (χ0v) is 20.0. The third kappa shape index (κ3) is 4.87. The number of fused-ring (bicyclic) bond motifs is 1. The first-order chi connectivity index (χ1) is 14.5. The van der Waals surface area contributed by atoms with Gasteiger partial charge in [-0.15, -0.1) is 0 Å². The van der Waals surface area contributed by atoms with Crippen LogP contribution in [-0.4, -0.2) is 33.2 Å². The Hall–Kier alpha value is -2.54. The first-order valence-electron chi connectivity index (χ1n) is 10.7. The molecule has 2 aromatic carbocycles. The molecule has 1 heterocycles. The highest BCUT2D eigenvalue weighted by Gasteiger charge is 2.36. The number of para-hydroxylation sites is 1. The maximum absolute atomic E-state index is 13.2. The van der Waals surface area contributed by atoms with Gasteiger partial charge in [0.1, 0.15) is 5.75 Å². The summed E-state index contributed by atoms with van der Waals surface area (Å²) in [5.74, 6) is 0.0408. The number of nitrogens with zero attached hydrogens (tertiary/aromatic N) is 1. The van der Waals surface area contributed by atoms with Crippen LogP contribution in [-0.2, 0) is 33.1 Å². The molecule has 0 bridgehead atoms. The number of benzene rings is 2. The van der Waals surface area contributed by atoms with E-state index in [2.05, 4.69) is 26.1 Å². The fraction of sp³-hybridized carbons (Fsp3) is 0.458. The quantitative estimate of drug-likeness (QED) is 0.747. The largest absolute Gasteiger partial charge is 0.476 e. The maximum Gasteiger partial charge on any atom is 0.267 e. The molecule has 6 nitrogen and oxygen atoms in total. The summed E-state index contributed by atoms with van der Waals surface area (Å²) in [6.45, 7) is 10.2. The van der Waals surface area contributed by atoms with Gasteiger partial charge in [-0.25, -0.2) is 8.42 Å². The van der Waals surface area contributed by atoms with Gasteiger partial charge in [-0.2, -0.15) is 0 Å². The van der Waals surface area contributed by atoms with E-state index in [-0.39, 0.29) is 17.9 Å². The number of hydrogen-bond acceptors (Lipinski definition) is 4. The zero-order valence-electron chi connectivity index (χ0n) is 19.2. The lowest BCUT2D eigenvalue weighted by Gasteiger charge is -2.35. The molecule has 0 spiro atoms. The number of ether oxygens (including phenoxy) is 1. The van der Waals surface area contributed by atoms with Crippen molar-refractivity contribution in [1.82, 2.24) is 0 Å². The molecule has 0 aliphatic carbocycles.